The number of primary amides is 1. The SMILES string of the molecule is CCC(C)C(C(N)=O)C1CC1. The maximum atomic E-state index is 11.0. The van der Waals surface area contributed by atoms with E-state index < -0.39 is 0 Å². The molecule has 1 amide bonds. The van der Waals surface area contributed by atoms with Crippen LogP contribution in [0.5, 0.6) is 0 Å². The molecular formula is C9H17NO. The Morgan fingerprint density at radius 1 is 1.64 bits per heavy atom. The van der Waals surface area contributed by atoms with Crippen molar-refractivity contribution in [1.82, 2.24) is 0 Å². The number of rotatable bonds is 4. The van der Waals surface area contributed by atoms with E-state index in [9.17, 15) is 4.79 Å². The van der Waals surface area contributed by atoms with Crippen molar-refractivity contribution in [2.24, 2.45) is 23.5 Å². The van der Waals surface area contributed by atoms with Crippen LogP contribution in [0.25, 0.3) is 0 Å². The highest BCUT2D eigenvalue weighted by atomic mass is 16.1. The van der Waals surface area contributed by atoms with E-state index in [4.69, 9.17) is 5.73 Å². The Hall–Kier alpha value is -0.530. The van der Waals surface area contributed by atoms with E-state index in [0.29, 0.717) is 11.8 Å². The van der Waals surface area contributed by atoms with Crippen LogP contribution in [0.3, 0.4) is 0 Å². The fraction of sp³-hybridized carbons (Fsp3) is 0.889. The number of hydrogen-bond acceptors (Lipinski definition) is 1. The molecule has 2 nitrogen and oxygen atoms in total. The summed E-state index contributed by atoms with van der Waals surface area (Å²) in [4.78, 5) is 11.0. The smallest absolute Gasteiger partial charge is 0.221 e. The first-order valence-corrected chi connectivity index (χ1v) is 4.46. The first-order valence-electron chi connectivity index (χ1n) is 4.46. The normalized spacial score (nSPS) is 22.7. The van der Waals surface area contributed by atoms with Crippen molar-refractivity contribution in [3.05, 3.63) is 0 Å². The summed E-state index contributed by atoms with van der Waals surface area (Å²) in [6.07, 6.45) is 3.47. The van der Waals surface area contributed by atoms with Crippen LogP contribution in [0.2, 0.25) is 0 Å². The quantitative estimate of drug-likeness (QED) is 0.657. The zero-order valence-electron chi connectivity index (χ0n) is 7.34. The molecule has 64 valence electrons. The fourth-order valence-corrected chi connectivity index (χ4v) is 1.69. The maximum Gasteiger partial charge on any atom is 0.221 e. The second-order valence-corrected chi connectivity index (χ2v) is 3.65. The molecule has 1 saturated carbocycles. The average molecular weight is 155 g/mol. The third-order valence-corrected chi connectivity index (χ3v) is 2.72. The first kappa shape index (κ1) is 8.57. The van der Waals surface area contributed by atoms with E-state index in [0.717, 1.165) is 6.42 Å². The van der Waals surface area contributed by atoms with Gasteiger partial charge in [-0.1, -0.05) is 20.3 Å². The average Bonchev–Trinajstić information content (AvgIpc) is 2.71. The van der Waals surface area contributed by atoms with Gasteiger partial charge in [0.05, 0.1) is 0 Å². The topological polar surface area (TPSA) is 43.1 Å². The molecule has 0 aromatic rings. The van der Waals surface area contributed by atoms with Gasteiger partial charge in [-0.3, -0.25) is 4.79 Å². The molecule has 2 N–H and O–H groups in total. The Morgan fingerprint density at radius 2 is 2.18 bits per heavy atom. The lowest BCUT2D eigenvalue weighted by molar-refractivity contribution is -0.124. The lowest BCUT2D eigenvalue weighted by Gasteiger charge is -2.18. The van der Waals surface area contributed by atoms with Gasteiger partial charge in [0.25, 0.3) is 0 Å². The van der Waals surface area contributed by atoms with Crippen molar-refractivity contribution < 1.29 is 4.79 Å². The van der Waals surface area contributed by atoms with Gasteiger partial charge < -0.3 is 5.73 Å². The second kappa shape index (κ2) is 3.24. The van der Waals surface area contributed by atoms with Crippen molar-refractivity contribution in [3.8, 4) is 0 Å². The maximum absolute atomic E-state index is 11.0. The van der Waals surface area contributed by atoms with Gasteiger partial charge in [-0.25, -0.2) is 0 Å². The standard InChI is InChI=1S/C9H17NO/c1-3-6(2)8(9(10)11)7-4-5-7/h6-8H,3-5H2,1-2H3,(H2,10,11). The van der Waals surface area contributed by atoms with E-state index in [1.54, 1.807) is 0 Å². The zero-order valence-corrected chi connectivity index (χ0v) is 7.34. The Labute approximate surface area is 68.2 Å². The van der Waals surface area contributed by atoms with E-state index >= 15 is 0 Å². The summed E-state index contributed by atoms with van der Waals surface area (Å²) in [5, 5.41) is 0. The Bertz CT molecular complexity index is 152. The molecule has 0 spiro atoms. The number of carbonyl (C=O) groups excluding carboxylic acids is 1. The molecule has 1 aliphatic carbocycles. The number of carbonyl (C=O) groups is 1. The van der Waals surface area contributed by atoms with E-state index in [1.807, 2.05) is 0 Å². The Kier molecular flexibility index (Phi) is 2.53. The molecule has 0 aliphatic heterocycles. The lowest BCUT2D eigenvalue weighted by atomic mass is 9.87. The van der Waals surface area contributed by atoms with Crippen molar-refractivity contribution >= 4 is 5.91 Å². The zero-order chi connectivity index (χ0) is 8.43. The van der Waals surface area contributed by atoms with Crippen LogP contribution < -0.4 is 5.73 Å². The molecule has 0 aromatic heterocycles. The predicted octanol–water partition coefficient (Wildman–Crippen LogP) is 1.54. The summed E-state index contributed by atoms with van der Waals surface area (Å²) in [7, 11) is 0. The molecule has 0 radical (unpaired) electrons. The summed E-state index contributed by atoms with van der Waals surface area (Å²) in [5.74, 6) is 1.14. The van der Waals surface area contributed by atoms with Gasteiger partial charge in [0.2, 0.25) is 5.91 Å². The van der Waals surface area contributed by atoms with Gasteiger partial charge in [-0.2, -0.15) is 0 Å². The summed E-state index contributed by atoms with van der Waals surface area (Å²) in [5.41, 5.74) is 5.32. The van der Waals surface area contributed by atoms with Gasteiger partial charge in [0.15, 0.2) is 0 Å². The summed E-state index contributed by atoms with van der Waals surface area (Å²) in [6, 6.07) is 0. The molecule has 1 aliphatic rings. The van der Waals surface area contributed by atoms with Crippen LogP contribution in [-0.4, -0.2) is 5.91 Å². The molecule has 2 unspecified atom stereocenters. The molecule has 0 aromatic carbocycles. The highest BCUT2D eigenvalue weighted by molar-refractivity contribution is 5.77. The fourth-order valence-electron chi connectivity index (χ4n) is 1.69. The highest BCUT2D eigenvalue weighted by Crippen LogP contribution is 2.41. The van der Waals surface area contributed by atoms with Gasteiger partial charge >= 0.3 is 0 Å². The third-order valence-electron chi connectivity index (χ3n) is 2.72. The van der Waals surface area contributed by atoms with E-state index in [2.05, 4.69) is 13.8 Å². The summed E-state index contributed by atoms with van der Waals surface area (Å²) in [6.45, 7) is 4.23. The minimum absolute atomic E-state index is 0.0955. The van der Waals surface area contributed by atoms with E-state index in [1.165, 1.54) is 12.8 Å². The molecular weight excluding hydrogens is 138 g/mol. The van der Waals surface area contributed by atoms with Crippen LogP contribution in [0.1, 0.15) is 33.1 Å². The molecule has 1 rings (SSSR count). The van der Waals surface area contributed by atoms with Crippen LogP contribution in [0.15, 0.2) is 0 Å². The predicted molar refractivity (Wildman–Crippen MR) is 44.9 cm³/mol. The number of nitrogens with two attached hydrogens (primary N) is 1. The van der Waals surface area contributed by atoms with Crippen molar-refractivity contribution in [3.63, 3.8) is 0 Å². The van der Waals surface area contributed by atoms with Crippen LogP contribution >= 0.6 is 0 Å². The third kappa shape index (κ3) is 1.95. The molecule has 0 saturated heterocycles. The van der Waals surface area contributed by atoms with E-state index in [-0.39, 0.29) is 11.8 Å². The summed E-state index contributed by atoms with van der Waals surface area (Å²) >= 11 is 0. The number of hydrogen-bond donors (Lipinski definition) is 1. The van der Waals surface area contributed by atoms with Gasteiger partial charge in [-0.05, 0) is 24.7 Å². The minimum atomic E-state index is -0.0955. The largest absolute Gasteiger partial charge is 0.369 e. The minimum Gasteiger partial charge on any atom is -0.369 e. The molecule has 0 heterocycles. The second-order valence-electron chi connectivity index (χ2n) is 3.65. The van der Waals surface area contributed by atoms with Crippen LogP contribution in [0, 0.1) is 17.8 Å². The highest BCUT2D eigenvalue weighted by Gasteiger charge is 2.37. The molecule has 2 heteroatoms. The number of amides is 1. The molecule has 0 bridgehead atoms. The lowest BCUT2D eigenvalue weighted by Crippen LogP contribution is -2.30. The van der Waals surface area contributed by atoms with Crippen LogP contribution in [-0.2, 0) is 4.79 Å². The summed E-state index contributed by atoms with van der Waals surface area (Å²) < 4.78 is 0. The Balaban J connectivity index is 2.50. The van der Waals surface area contributed by atoms with Crippen molar-refractivity contribution in [2.75, 3.05) is 0 Å². The molecule has 11 heavy (non-hydrogen) atoms. The monoisotopic (exact) mass is 155 g/mol. The van der Waals surface area contributed by atoms with Crippen LogP contribution in [0.4, 0.5) is 0 Å². The molecule has 1 fully saturated rings. The van der Waals surface area contributed by atoms with Crippen molar-refractivity contribution in [2.45, 2.75) is 33.1 Å². The van der Waals surface area contributed by atoms with Gasteiger partial charge in [0.1, 0.15) is 0 Å². The van der Waals surface area contributed by atoms with Crippen molar-refractivity contribution in [1.29, 1.82) is 0 Å². The first-order chi connectivity index (χ1) is 5.16. The van der Waals surface area contributed by atoms with Gasteiger partial charge in [0, 0.05) is 5.92 Å². The Morgan fingerprint density at radius 3 is 2.45 bits per heavy atom. The van der Waals surface area contributed by atoms with Gasteiger partial charge in [-0.15, -0.1) is 0 Å². The molecule has 2 atom stereocenters.